The largest absolute Gasteiger partial charge is 0.673 e. The van der Waals surface area contributed by atoms with Gasteiger partial charge in [0.25, 0.3) is 0 Å². The van der Waals surface area contributed by atoms with Crippen LogP contribution < -0.4 is 18.3 Å². The molecule has 0 spiro atoms. The highest BCUT2D eigenvalue weighted by atomic mass is 32.2. The predicted octanol–water partition coefficient (Wildman–Crippen LogP) is 14.4. The zero-order valence-corrected chi connectivity index (χ0v) is 45.2. The van der Waals surface area contributed by atoms with Crippen LogP contribution >= 0.6 is 47.0 Å². The van der Waals surface area contributed by atoms with Crippen molar-refractivity contribution in [2.75, 3.05) is 23.0 Å². The van der Waals surface area contributed by atoms with E-state index in [1.807, 2.05) is 47.0 Å². The van der Waals surface area contributed by atoms with Gasteiger partial charge in [0.1, 0.15) is 28.2 Å². The van der Waals surface area contributed by atoms with Crippen molar-refractivity contribution in [1.82, 2.24) is 0 Å². The molecule has 0 unspecified atom stereocenters. The topological polar surface area (TPSA) is 15.5 Å². The molecule has 0 saturated heterocycles. The molecule has 7 aromatic rings. The zero-order valence-electron chi connectivity index (χ0n) is 42.0. The number of nitrogens with zero attached hydrogens (tertiary/aromatic N) is 4. The van der Waals surface area contributed by atoms with Crippen LogP contribution in [0.15, 0.2) is 142 Å². The fraction of sp³-hybridized carbons (Fsp3) is 0.292. The molecule has 0 aliphatic rings. The summed E-state index contributed by atoms with van der Waals surface area (Å²) >= 11 is 8.05. The van der Waals surface area contributed by atoms with Gasteiger partial charge in [0.05, 0.1) is 0 Å². The van der Waals surface area contributed by atoms with Crippen LogP contribution in [0, 0.1) is 13.8 Å². The second-order valence-electron chi connectivity index (χ2n) is 16.8. The fourth-order valence-electron chi connectivity index (χ4n) is 7.01. The van der Waals surface area contributed by atoms with Gasteiger partial charge >= 0.3 is 29.0 Å². The summed E-state index contributed by atoms with van der Waals surface area (Å²) in [4.78, 5) is 5.60. The summed E-state index contributed by atoms with van der Waals surface area (Å²) in [6, 6.07) is 28.1. The van der Waals surface area contributed by atoms with Gasteiger partial charge in [-0.05, 0) is 119 Å². The standard InChI is InChI=1S/C48H54N4S4.4BF4/c1-35-41-31-45(53-27-15-37-7-19-49(3)20-8-37)47(55-29-17-39-11-23-51(5)24-12-39)33-43(41)36(2)44-34-48(56-30-18-40-13-25-52(6)26-14-40)46(32-42(35)44)54-28-16-38-9-21-50(4)22-10-38;4*2-1(3,4)5/h7-14,19-26,31-34H,15-18,27-30H2,1-6H3;;;;/q+4;4*-1. The first kappa shape index (κ1) is 65.6. The van der Waals surface area contributed by atoms with Gasteiger partial charge in [-0.3, -0.25) is 0 Å². The van der Waals surface area contributed by atoms with Crippen molar-refractivity contribution >= 4 is 97.6 Å². The van der Waals surface area contributed by atoms with Gasteiger partial charge in [0, 0.05) is 91.1 Å². The Morgan fingerprint density at radius 2 is 0.447 bits per heavy atom. The second-order valence-corrected chi connectivity index (χ2v) is 21.3. The molecule has 0 fully saturated rings. The summed E-state index contributed by atoms with van der Waals surface area (Å²) in [7, 11) is -15.7. The number of hydrogen-bond donors (Lipinski definition) is 0. The lowest BCUT2D eigenvalue weighted by atomic mass is 9.93. The highest BCUT2D eigenvalue weighted by Crippen LogP contribution is 2.43. The Labute approximate surface area is 448 Å². The van der Waals surface area contributed by atoms with Gasteiger partial charge in [-0.25, -0.2) is 18.3 Å². The molecule has 414 valence electrons. The van der Waals surface area contributed by atoms with E-state index in [1.165, 1.54) is 74.5 Å². The third-order valence-corrected chi connectivity index (χ3v) is 15.1. The van der Waals surface area contributed by atoms with Crippen molar-refractivity contribution in [2.45, 2.75) is 59.1 Å². The van der Waals surface area contributed by atoms with Crippen LogP contribution in [0.1, 0.15) is 33.4 Å². The van der Waals surface area contributed by atoms with Crippen LogP contribution in [0.5, 0.6) is 0 Å². The van der Waals surface area contributed by atoms with E-state index in [0.29, 0.717) is 0 Å². The summed E-state index contributed by atoms with van der Waals surface area (Å²) in [5.74, 6) is 4.21. The maximum Gasteiger partial charge on any atom is 0.673 e. The lowest BCUT2D eigenvalue weighted by molar-refractivity contribution is -0.671. The van der Waals surface area contributed by atoms with Crippen LogP contribution in [-0.4, -0.2) is 52.0 Å². The summed E-state index contributed by atoms with van der Waals surface area (Å²) in [5.41, 5.74) is 8.32. The Morgan fingerprint density at radius 3 is 0.592 bits per heavy atom. The third-order valence-electron chi connectivity index (χ3n) is 10.6. The first-order valence-electron chi connectivity index (χ1n) is 23.0. The average Bonchev–Trinajstić information content (AvgIpc) is 3.29. The highest BCUT2D eigenvalue weighted by molar-refractivity contribution is 8.02. The molecule has 0 saturated carbocycles. The number of hydrogen-bond acceptors (Lipinski definition) is 4. The number of aromatic nitrogens is 4. The van der Waals surface area contributed by atoms with Crippen LogP contribution in [0.4, 0.5) is 69.1 Å². The third kappa shape index (κ3) is 28.1. The summed E-state index contributed by atoms with van der Waals surface area (Å²) in [6.07, 6.45) is 21.4. The molecule has 4 nitrogen and oxygen atoms in total. The van der Waals surface area contributed by atoms with Crippen molar-refractivity contribution in [1.29, 1.82) is 0 Å². The molecule has 0 aliphatic carbocycles. The summed E-state index contributed by atoms with van der Waals surface area (Å²) in [5, 5.41) is 5.54. The molecule has 28 heteroatoms. The molecule has 3 aromatic carbocycles. The Hall–Kier alpha value is -4.68. The first-order chi connectivity index (χ1) is 35.2. The average molecular weight is 1160 g/mol. The normalized spacial score (nSPS) is 11.7. The number of fused-ring (bicyclic) bond motifs is 2. The molecule has 0 amide bonds. The van der Waals surface area contributed by atoms with E-state index >= 15 is 0 Å². The number of thioether (sulfide) groups is 4. The summed E-state index contributed by atoms with van der Waals surface area (Å²) in [6.45, 7) is 4.71. The zero-order chi connectivity index (χ0) is 57.0. The minimum atomic E-state index is -6.00. The highest BCUT2D eigenvalue weighted by Gasteiger charge is 2.23. The van der Waals surface area contributed by atoms with Crippen molar-refractivity contribution in [2.24, 2.45) is 28.2 Å². The minimum absolute atomic E-state index is 1.05. The molecule has 0 aliphatic heterocycles. The molecule has 0 N–H and O–H groups in total. The summed E-state index contributed by atoms with van der Waals surface area (Å²) < 4.78 is 164. The van der Waals surface area contributed by atoms with E-state index in [4.69, 9.17) is 0 Å². The molecular formula is C48H54B4F16N4S4. The Balaban J connectivity index is 0.000000648. The Morgan fingerprint density at radius 1 is 0.303 bits per heavy atom. The van der Waals surface area contributed by atoms with E-state index in [-0.39, 0.29) is 0 Å². The van der Waals surface area contributed by atoms with Crippen LogP contribution in [-0.2, 0) is 53.9 Å². The van der Waals surface area contributed by atoms with Crippen molar-refractivity contribution in [3.05, 3.63) is 156 Å². The fourth-order valence-corrected chi connectivity index (χ4v) is 11.6. The molecule has 4 aromatic heterocycles. The SMILES string of the molecule is Cc1c2cc(SCCc3cc[n+](C)cc3)c(SCCc3cc[n+](C)cc3)cc2c(C)c2cc(SCCc3cc[n+](C)cc3)c(SCCc3cc[n+](C)cc3)cc12.F[B-](F)(F)F.F[B-](F)(F)F.F[B-](F)(F)F.F[B-](F)(F)F. The molecule has 0 atom stereocenters. The maximum atomic E-state index is 9.75. The smallest absolute Gasteiger partial charge is 0.418 e. The van der Waals surface area contributed by atoms with E-state index < -0.39 is 29.0 Å². The van der Waals surface area contributed by atoms with Gasteiger partial charge < -0.3 is 69.1 Å². The molecule has 4 heterocycles. The molecule has 0 bridgehead atoms. The maximum absolute atomic E-state index is 9.75. The van der Waals surface area contributed by atoms with Crippen molar-refractivity contribution in [3.63, 3.8) is 0 Å². The van der Waals surface area contributed by atoms with Gasteiger partial charge in [-0.1, -0.05) is 0 Å². The number of halogens is 16. The van der Waals surface area contributed by atoms with Crippen LogP contribution in [0.3, 0.4) is 0 Å². The minimum Gasteiger partial charge on any atom is -0.418 e. The number of aryl methyl sites for hydroxylation is 10. The first-order valence-corrected chi connectivity index (χ1v) is 27.0. The predicted molar refractivity (Wildman–Crippen MR) is 280 cm³/mol. The van der Waals surface area contributed by atoms with E-state index in [9.17, 15) is 69.1 Å². The van der Waals surface area contributed by atoms with Gasteiger partial charge in [0.2, 0.25) is 0 Å². The molecular weight excluding hydrogens is 1110 g/mol. The molecule has 76 heavy (non-hydrogen) atoms. The van der Waals surface area contributed by atoms with E-state index in [0.717, 1.165) is 48.7 Å². The Bertz CT molecular complexity index is 2470. The van der Waals surface area contributed by atoms with Crippen molar-refractivity contribution in [3.8, 4) is 0 Å². The van der Waals surface area contributed by atoms with E-state index in [1.54, 1.807) is 0 Å². The van der Waals surface area contributed by atoms with E-state index in [2.05, 4.69) is 183 Å². The lowest BCUT2D eigenvalue weighted by Gasteiger charge is -2.19. The molecule has 7 rings (SSSR count). The number of pyridine rings is 4. The molecule has 0 radical (unpaired) electrons. The Kier molecular flexibility index (Phi) is 26.3. The van der Waals surface area contributed by atoms with Gasteiger partial charge in [-0.2, -0.15) is 0 Å². The number of benzene rings is 3. The second kappa shape index (κ2) is 30.5. The lowest BCUT2D eigenvalue weighted by Crippen LogP contribution is -2.25. The van der Waals surface area contributed by atoms with Crippen LogP contribution in [0.25, 0.3) is 21.5 Å². The van der Waals surface area contributed by atoms with Crippen molar-refractivity contribution < 1.29 is 87.3 Å². The quantitative estimate of drug-likeness (QED) is 0.0315. The number of rotatable bonds is 16. The van der Waals surface area contributed by atoms with Gasteiger partial charge in [-0.15, -0.1) is 47.0 Å². The van der Waals surface area contributed by atoms with Gasteiger partial charge in [0.15, 0.2) is 49.6 Å². The van der Waals surface area contributed by atoms with Crippen LogP contribution in [0.2, 0.25) is 0 Å². The monoisotopic (exact) mass is 1160 g/mol.